The van der Waals surface area contributed by atoms with Crippen LogP contribution in [0.25, 0.3) is 0 Å². The topological polar surface area (TPSA) is 111 Å². The first-order valence-corrected chi connectivity index (χ1v) is 9.20. The highest BCUT2D eigenvalue weighted by atomic mass is 32.2. The van der Waals surface area contributed by atoms with E-state index in [1.54, 1.807) is 6.20 Å². The van der Waals surface area contributed by atoms with E-state index in [0.717, 1.165) is 5.01 Å². The van der Waals surface area contributed by atoms with Crippen molar-refractivity contribution in [1.29, 1.82) is 0 Å². The van der Waals surface area contributed by atoms with Crippen molar-refractivity contribution < 1.29 is 17.9 Å². The van der Waals surface area contributed by atoms with E-state index in [4.69, 9.17) is 9.88 Å². The van der Waals surface area contributed by atoms with E-state index in [0.29, 0.717) is 6.42 Å². The Bertz CT molecular complexity index is 788. The number of primary sulfonamides is 1. The molecule has 9 heteroatoms. The lowest BCUT2D eigenvalue weighted by atomic mass is 10.1. The number of benzene rings is 1. The molecule has 0 fully saturated rings. The Balaban J connectivity index is 2.34. The molecule has 23 heavy (non-hydrogen) atoms. The number of hydrogen-bond donors (Lipinski definition) is 2. The molecule has 0 saturated heterocycles. The molecule has 2 aromatic rings. The predicted octanol–water partition coefficient (Wildman–Crippen LogP) is 1.68. The van der Waals surface area contributed by atoms with Gasteiger partial charge in [0.1, 0.15) is 10.8 Å². The van der Waals surface area contributed by atoms with E-state index < -0.39 is 15.9 Å². The molecule has 0 aliphatic rings. The molecule has 1 aromatic carbocycles. The summed E-state index contributed by atoms with van der Waals surface area (Å²) in [6.07, 6.45) is 2.31. The van der Waals surface area contributed by atoms with Gasteiger partial charge < -0.3 is 10.1 Å². The zero-order chi connectivity index (χ0) is 17.0. The summed E-state index contributed by atoms with van der Waals surface area (Å²) in [5.74, 6) is -0.182. The van der Waals surface area contributed by atoms with Crippen molar-refractivity contribution in [2.75, 3.05) is 7.11 Å². The number of rotatable bonds is 6. The Morgan fingerprint density at radius 1 is 1.48 bits per heavy atom. The van der Waals surface area contributed by atoms with Crippen molar-refractivity contribution >= 4 is 27.3 Å². The van der Waals surface area contributed by atoms with Gasteiger partial charge in [-0.3, -0.25) is 4.79 Å². The predicted molar refractivity (Wildman–Crippen MR) is 87.0 cm³/mol. The van der Waals surface area contributed by atoms with E-state index >= 15 is 0 Å². The minimum absolute atomic E-state index is 0.106. The Morgan fingerprint density at radius 2 is 2.22 bits per heavy atom. The van der Waals surface area contributed by atoms with Crippen molar-refractivity contribution in [2.45, 2.75) is 24.3 Å². The summed E-state index contributed by atoms with van der Waals surface area (Å²) in [5, 5.41) is 10.6. The smallest absolute Gasteiger partial charge is 0.255 e. The highest BCUT2D eigenvalue weighted by Gasteiger charge is 2.21. The SMILES string of the molecule is CC[C@H](NC(=O)c1cc(S(N)(=O)=O)ccc1OC)c1nccs1. The van der Waals surface area contributed by atoms with Crippen LogP contribution >= 0.6 is 11.3 Å². The first kappa shape index (κ1) is 17.4. The molecular formula is C14H17N3O4S2. The molecule has 1 atom stereocenters. The summed E-state index contributed by atoms with van der Waals surface area (Å²) in [7, 11) is -2.50. The lowest BCUT2D eigenvalue weighted by Gasteiger charge is -2.16. The molecule has 1 heterocycles. The van der Waals surface area contributed by atoms with E-state index in [1.807, 2.05) is 12.3 Å². The molecule has 1 amide bonds. The number of thiazole rings is 1. The average molecular weight is 355 g/mol. The molecule has 0 radical (unpaired) electrons. The van der Waals surface area contributed by atoms with Crippen LogP contribution in [0, 0.1) is 0 Å². The van der Waals surface area contributed by atoms with Crippen LogP contribution in [0.15, 0.2) is 34.7 Å². The van der Waals surface area contributed by atoms with Crippen LogP contribution in [0.5, 0.6) is 5.75 Å². The number of aromatic nitrogens is 1. The van der Waals surface area contributed by atoms with Gasteiger partial charge in [-0.1, -0.05) is 6.92 Å². The Morgan fingerprint density at radius 3 is 2.74 bits per heavy atom. The second kappa shape index (κ2) is 7.07. The molecule has 0 aliphatic heterocycles. The van der Waals surface area contributed by atoms with Gasteiger partial charge in [0, 0.05) is 11.6 Å². The molecule has 0 unspecified atom stereocenters. The van der Waals surface area contributed by atoms with E-state index in [1.165, 1.54) is 36.6 Å². The molecule has 0 saturated carbocycles. The second-order valence-corrected chi connectivity index (χ2v) is 7.20. The number of methoxy groups -OCH3 is 1. The Kier molecular flexibility index (Phi) is 5.34. The first-order chi connectivity index (χ1) is 10.9. The summed E-state index contributed by atoms with van der Waals surface area (Å²) in [6, 6.07) is 3.64. The van der Waals surface area contributed by atoms with Gasteiger partial charge in [0.25, 0.3) is 5.91 Å². The van der Waals surface area contributed by atoms with Crippen LogP contribution in [0.3, 0.4) is 0 Å². The molecule has 124 valence electrons. The van der Waals surface area contributed by atoms with Crippen LogP contribution in [0.4, 0.5) is 0 Å². The molecule has 7 nitrogen and oxygen atoms in total. The molecule has 2 rings (SSSR count). The third-order valence-corrected chi connectivity index (χ3v) is 5.01. The summed E-state index contributed by atoms with van der Waals surface area (Å²) < 4.78 is 28.1. The minimum atomic E-state index is -3.91. The van der Waals surface area contributed by atoms with Gasteiger partial charge in [-0.25, -0.2) is 18.5 Å². The van der Waals surface area contributed by atoms with Crippen LogP contribution in [-0.2, 0) is 10.0 Å². The normalized spacial score (nSPS) is 12.7. The second-order valence-electron chi connectivity index (χ2n) is 4.71. The minimum Gasteiger partial charge on any atom is -0.496 e. The van der Waals surface area contributed by atoms with Crippen LogP contribution in [0.2, 0.25) is 0 Å². The van der Waals surface area contributed by atoms with Gasteiger partial charge in [0.2, 0.25) is 10.0 Å². The maximum absolute atomic E-state index is 12.5. The van der Waals surface area contributed by atoms with Gasteiger partial charge in [-0.05, 0) is 24.6 Å². The molecule has 1 aromatic heterocycles. The van der Waals surface area contributed by atoms with Crippen LogP contribution < -0.4 is 15.2 Å². The standard InChI is InChI=1S/C14H17N3O4S2/c1-3-11(14-16-6-7-22-14)17-13(18)10-8-9(23(15,19)20)4-5-12(10)21-2/h4-8,11H,3H2,1-2H3,(H,17,18)(H2,15,19,20)/t11-/m0/s1. The monoisotopic (exact) mass is 355 g/mol. The summed E-state index contributed by atoms with van der Waals surface area (Å²) >= 11 is 1.44. The van der Waals surface area contributed by atoms with Gasteiger partial charge in [-0.15, -0.1) is 11.3 Å². The number of hydrogen-bond acceptors (Lipinski definition) is 6. The number of nitrogens with one attached hydrogen (secondary N) is 1. The van der Waals surface area contributed by atoms with Gasteiger partial charge in [0.15, 0.2) is 0 Å². The van der Waals surface area contributed by atoms with Crippen molar-refractivity contribution in [1.82, 2.24) is 10.3 Å². The molecular weight excluding hydrogens is 338 g/mol. The summed E-state index contributed by atoms with van der Waals surface area (Å²) in [4.78, 5) is 16.6. The van der Waals surface area contributed by atoms with E-state index in [-0.39, 0.29) is 22.3 Å². The maximum Gasteiger partial charge on any atom is 0.255 e. The largest absolute Gasteiger partial charge is 0.496 e. The number of carbonyl (C=O) groups is 1. The Labute approximate surface area is 138 Å². The van der Waals surface area contributed by atoms with Gasteiger partial charge in [0.05, 0.1) is 23.6 Å². The number of nitrogens with two attached hydrogens (primary N) is 1. The first-order valence-electron chi connectivity index (χ1n) is 6.78. The molecule has 0 bridgehead atoms. The Hall–Kier alpha value is -1.97. The number of carbonyl (C=O) groups excluding carboxylic acids is 1. The zero-order valence-corrected chi connectivity index (χ0v) is 14.3. The maximum atomic E-state index is 12.5. The summed E-state index contributed by atoms with van der Waals surface area (Å²) in [5.41, 5.74) is 0.106. The van der Waals surface area contributed by atoms with Crippen molar-refractivity contribution in [2.24, 2.45) is 5.14 Å². The highest BCUT2D eigenvalue weighted by molar-refractivity contribution is 7.89. The quantitative estimate of drug-likeness (QED) is 0.819. The van der Waals surface area contributed by atoms with Gasteiger partial charge in [-0.2, -0.15) is 0 Å². The van der Waals surface area contributed by atoms with Crippen molar-refractivity contribution in [3.05, 3.63) is 40.3 Å². The fourth-order valence-electron chi connectivity index (χ4n) is 2.02. The fraction of sp³-hybridized carbons (Fsp3) is 0.286. The van der Waals surface area contributed by atoms with E-state index in [2.05, 4.69) is 10.3 Å². The van der Waals surface area contributed by atoms with Crippen LogP contribution in [0.1, 0.15) is 34.8 Å². The highest BCUT2D eigenvalue weighted by Crippen LogP contribution is 2.24. The number of ether oxygens (including phenoxy) is 1. The van der Waals surface area contributed by atoms with Crippen molar-refractivity contribution in [3.63, 3.8) is 0 Å². The number of sulfonamides is 1. The zero-order valence-electron chi connectivity index (χ0n) is 12.6. The van der Waals surface area contributed by atoms with Gasteiger partial charge >= 0.3 is 0 Å². The number of amides is 1. The van der Waals surface area contributed by atoms with Crippen molar-refractivity contribution in [3.8, 4) is 5.75 Å². The third-order valence-electron chi connectivity index (χ3n) is 3.21. The third kappa shape index (κ3) is 4.06. The lowest BCUT2D eigenvalue weighted by molar-refractivity contribution is 0.0932. The average Bonchev–Trinajstić information content (AvgIpc) is 3.05. The summed E-state index contributed by atoms with van der Waals surface area (Å²) in [6.45, 7) is 1.92. The molecule has 3 N–H and O–H groups in total. The molecule has 0 aliphatic carbocycles. The van der Waals surface area contributed by atoms with E-state index in [9.17, 15) is 13.2 Å². The fourth-order valence-corrected chi connectivity index (χ4v) is 3.34. The van der Waals surface area contributed by atoms with Crippen LogP contribution in [-0.4, -0.2) is 26.4 Å². The lowest BCUT2D eigenvalue weighted by Crippen LogP contribution is -2.28. The molecule has 0 spiro atoms. The number of nitrogens with zero attached hydrogens (tertiary/aromatic N) is 1.